The topological polar surface area (TPSA) is 353 Å². The Balaban J connectivity index is 0.000000120. The molecule has 2 saturated carbocycles. The van der Waals surface area contributed by atoms with Gasteiger partial charge in [0.1, 0.15) is 32.9 Å². The van der Waals surface area contributed by atoms with Crippen molar-refractivity contribution in [3.8, 4) is 22.5 Å². The molecule has 2 aliphatic carbocycles. The van der Waals surface area contributed by atoms with Gasteiger partial charge >= 0.3 is 7.12 Å². The number of nitrogens with zero attached hydrogens (tertiary/aromatic N) is 16. The molecule has 3 aromatic carbocycles. The number of halogens is 8. The minimum atomic E-state index is -0.436. The van der Waals surface area contributed by atoms with Crippen LogP contribution in [0.4, 0.5) is 23.4 Å². The van der Waals surface area contributed by atoms with Gasteiger partial charge in [-0.2, -0.15) is 34.9 Å². The van der Waals surface area contributed by atoms with Crippen LogP contribution in [-0.4, -0.2) is 269 Å². The first kappa shape index (κ1) is 99.2. The van der Waals surface area contributed by atoms with Gasteiger partial charge in [-0.25, -0.2) is 24.9 Å². The fourth-order valence-electron chi connectivity index (χ4n) is 18.4. The SMILES string of the molecule is C1CC2CNCC1O2.C1COC2(CC2)CN1.CNC(=O)c1cccc(-c2ccc3c(N4CC5CCC(C4)O5)nc(Cl)nc3n2)c1.CNC(=O)c1cccc(-c2ccc3c(N4CC5CCC(C4)O5)nc(N4CCOC5(CC5)C4)nc3n2)c1.CNC(=O)c1cccc(B2OC(C)(C)C(C)(C)O2)c1.Cl.Cl.Clc1ccc2c(Cl)nc(Cl)nc2n1.Clc1ccc2c(N3CC4CCC(C3)O4)nc(Cl)nc2n1. The molecule has 2 spiro atoms. The van der Waals surface area contributed by atoms with E-state index in [-0.39, 0.29) is 117 Å². The quantitative estimate of drug-likeness (QED) is 0.0367. The lowest BCUT2D eigenvalue weighted by atomic mass is 9.78. The summed E-state index contributed by atoms with van der Waals surface area (Å²) in [4.78, 5) is 97.8. The third-order valence-corrected chi connectivity index (χ3v) is 27.6. The minimum Gasteiger partial charge on any atom is -0.399 e. The highest BCUT2D eigenvalue weighted by Crippen LogP contribution is 2.45. The standard InChI is InChI=1S/C27H30N6O3.C21H20ClN5O2.C14H20BNO3.C13H12Cl2N4O.C7H2Cl3N3.2C6H11NO.2ClH/c1-28-25(34)18-4-2-3-17(13-18)22-8-7-21-23(29-22)30-26(32-11-12-35-27(16-32)9-10-27)31-24(21)33-14-19-5-6-20(15-33)36-19;1-23-20(28)13-4-2-3-12(9-13)17-8-7-16-18(24-17)25-21(22)26-19(16)27-10-14-5-6-15(11-27)29-14;1-13(2)14(3,4)19-15(18-13)11-8-6-7-10(9-11)12(17)16-5;14-10-4-3-9-11(16-10)17-13(15)18-12(9)19-5-7-1-2-8(6-19)20-7;8-4-2-1-3-5(9)12-7(10)13-6(3)11-4;1-2-6-4-7-3-5(1)8-6;1-2-6(1)5-7-3-4-8-6;;/h2-4,7-8,13,19-20H,5-6,9-12,14-16H2,1H3,(H,28,34);2-4,7-9,14-15H,5-6,10-11H2,1H3,(H,23,28);6-9H,1-5H3,(H,16,17);3-4,7-8H,1-2,5-6H2;1-2H;5-7H,1-4H2;7H,1-5H2;2*1H. The normalized spacial score (nSPS) is 23.3. The van der Waals surface area contributed by atoms with E-state index in [4.69, 9.17) is 127 Å². The second-order valence-corrected chi connectivity index (χ2v) is 38.5. The van der Waals surface area contributed by atoms with Crippen molar-refractivity contribution in [3.05, 3.63) is 169 Å². The number of hydrogen-bond acceptors (Lipinski definition) is 29. The molecule has 24 rings (SSSR count). The van der Waals surface area contributed by atoms with E-state index < -0.39 is 7.12 Å². The molecule has 11 saturated heterocycles. The number of anilines is 4. The number of fused-ring (bicyclic) bond motifs is 12. The summed E-state index contributed by atoms with van der Waals surface area (Å²) in [5.41, 5.74) is 7.58. The van der Waals surface area contributed by atoms with E-state index in [0.717, 1.165) is 204 Å². The van der Waals surface area contributed by atoms with Crippen LogP contribution in [0.15, 0.2) is 121 Å². The number of hydrogen-bond donors (Lipinski definition) is 5. The molecule has 19 heterocycles. The number of carbonyl (C=O) groups excluding carboxylic acids is 3. The smallest absolute Gasteiger partial charge is 0.399 e. The van der Waals surface area contributed by atoms with Crippen LogP contribution in [0.2, 0.25) is 31.3 Å². The fraction of sp³-hybridized carbons (Fsp3) is 0.479. The molecule has 41 heteroatoms. The predicted octanol–water partition coefficient (Wildman–Crippen LogP) is 14.0. The lowest BCUT2D eigenvalue weighted by molar-refractivity contribution is 0.00578. The second kappa shape index (κ2) is 42.9. The zero-order valence-corrected chi connectivity index (χ0v) is 82.0. The van der Waals surface area contributed by atoms with Crippen molar-refractivity contribution < 1.29 is 52.1 Å². The van der Waals surface area contributed by atoms with Crippen molar-refractivity contribution in [1.82, 2.24) is 86.4 Å². The number of amides is 3. The molecule has 13 aliphatic rings. The molecule has 11 aliphatic heterocycles. The number of pyridine rings is 4. The Kier molecular flexibility index (Phi) is 31.5. The lowest BCUT2D eigenvalue weighted by Gasteiger charge is -2.36. The third kappa shape index (κ3) is 23.5. The average Bonchev–Trinajstić information content (AvgIpc) is 1.76. The molecule has 0 radical (unpaired) electrons. The number of rotatable bonds is 10. The number of aromatic nitrogens is 12. The molecule has 5 N–H and O–H groups in total. The van der Waals surface area contributed by atoms with E-state index in [1.54, 1.807) is 63.6 Å². The Morgan fingerprint density at radius 1 is 0.407 bits per heavy atom. The molecule has 8 unspecified atom stereocenters. The number of ether oxygens (including phenoxy) is 6. The Bertz CT molecular complexity index is 6060. The predicted molar refractivity (Wildman–Crippen MR) is 529 cm³/mol. The summed E-state index contributed by atoms with van der Waals surface area (Å²) in [6, 6.07) is 37.2. The summed E-state index contributed by atoms with van der Waals surface area (Å²) < 4.78 is 46.9. The molecule has 8 bridgehead atoms. The first-order valence-corrected chi connectivity index (χ1v) is 47.8. The van der Waals surface area contributed by atoms with E-state index >= 15 is 0 Å². The molecular weight excluding hydrogens is 1890 g/mol. The molecule has 3 amide bonds. The summed E-state index contributed by atoms with van der Waals surface area (Å²) in [6.07, 6.45) is 16.6. The molecule has 13 fully saturated rings. The number of benzene rings is 3. The van der Waals surface area contributed by atoms with Gasteiger partial charge in [-0.1, -0.05) is 71.2 Å². The Morgan fingerprint density at radius 2 is 0.800 bits per heavy atom. The van der Waals surface area contributed by atoms with Crippen LogP contribution < -0.4 is 51.6 Å². The van der Waals surface area contributed by atoms with Crippen molar-refractivity contribution in [3.63, 3.8) is 0 Å². The van der Waals surface area contributed by atoms with E-state index in [9.17, 15) is 14.4 Å². The van der Waals surface area contributed by atoms with Crippen LogP contribution in [0, 0.1) is 0 Å². The van der Waals surface area contributed by atoms with Crippen molar-refractivity contribution in [2.75, 3.05) is 132 Å². The van der Waals surface area contributed by atoms with Crippen LogP contribution in [0.1, 0.15) is 136 Å². The summed E-state index contributed by atoms with van der Waals surface area (Å²) >= 11 is 35.2. The van der Waals surface area contributed by atoms with Gasteiger partial charge < -0.3 is 83.9 Å². The average molecular weight is 2000 g/mol. The monoisotopic (exact) mass is 2000 g/mol. The van der Waals surface area contributed by atoms with Crippen molar-refractivity contribution in [2.45, 2.75) is 176 Å². The van der Waals surface area contributed by atoms with Gasteiger partial charge in [0.25, 0.3) is 17.7 Å². The van der Waals surface area contributed by atoms with Crippen LogP contribution in [0.5, 0.6) is 0 Å². The van der Waals surface area contributed by atoms with E-state index in [0.29, 0.717) is 79.4 Å². The van der Waals surface area contributed by atoms with Crippen molar-refractivity contribution in [1.29, 1.82) is 0 Å². The highest BCUT2D eigenvalue weighted by atomic mass is 35.5. The van der Waals surface area contributed by atoms with Crippen LogP contribution in [0.3, 0.4) is 0 Å². The minimum absolute atomic E-state index is 0. The van der Waals surface area contributed by atoms with Crippen molar-refractivity contribution in [2.24, 2.45) is 0 Å². The number of carbonyl (C=O) groups is 3. The van der Waals surface area contributed by atoms with Gasteiger partial charge in [0.15, 0.2) is 22.6 Å². The summed E-state index contributed by atoms with van der Waals surface area (Å²) in [6.45, 7) is 20.5. The molecule has 135 heavy (non-hydrogen) atoms. The molecule has 8 atom stereocenters. The van der Waals surface area contributed by atoms with Crippen LogP contribution in [0.25, 0.3) is 66.6 Å². The van der Waals surface area contributed by atoms with E-state index in [1.807, 2.05) is 100 Å². The third-order valence-electron chi connectivity index (χ3n) is 26.4. The van der Waals surface area contributed by atoms with Gasteiger partial charge in [-0.3, -0.25) is 14.4 Å². The van der Waals surface area contributed by atoms with Gasteiger partial charge in [0.2, 0.25) is 21.8 Å². The highest BCUT2D eigenvalue weighted by molar-refractivity contribution is 6.62. The zero-order valence-electron chi connectivity index (χ0n) is 75.9. The Hall–Kier alpha value is -8.79. The highest BCUT2D eigenvalue weighted by Gasteiger charge is 2.53. The van der Waals surface area contributed by atoms with Crippen LogP contribution >= 0.6 is 94.4 Å². The maximum Gasteiger partial charge on any atom is 0.494 e. The maximum atomic E-state index is 12.2. The van der Waals surface area contributed by atoms with Crippen molar-refractivity contribution >= 4 is 192 Å². The molecule has 8 aromatic heterocycles. The molecule has 32 nitrogen and oxygen atoms in total. The zero-order chi connectivity index (χ0) is 92.5. The Labute approximate surface area is 825 Å². The van der Waals surface area contributed by atoms with E-state index in [1.165, 1.54) is 25.7 Å². The number of nitrogens with one attached hydrogen (secondary N) is 5. The summed E-state index contributed by atoms with van der Waals surface area (Å²) in [5, 5.41) is 19.4. The van der Waals surface area contributed by atoms with Gasteiger partial charge in [0.05, 0.1) is 117 Å². The fourth-order valence-corrected chi connectivity index (χ4v) is 19.4. The van der Waals surface area contributed by atoms with Gasteiger partial charge in [0, 0.05) is 127 Å². The molecule has 11 aromatic rings. The first-order chi connectivity index (χ1) is 64.2. The lowest BCUT2D eigenvalue weighted by Crippen LogP contribution is -2.45. The number of morpholine rings is 6. The summed E-state index contributed by atoms with van der Waals surface area (Å²) in [7, 11) is 4.43. The second-order valence-electron chi connectivity index (χ2n) is 36.4. The summed E-state index contributed by atoms with van der Waals surface area (Å²) in [5.74, 6) is 2.91. The largest absolute Gasteiger partial charge is 0.494 e. The molecule has 714 valence electrons. The van der Waals surface area contributed by atoms with Gasteiger partial charge in [-0.05, 0) is 230 Å². The van der Waals surface area contributed by atoms with Crippen LogP contribution in [-0.2, 0) is 37.7 Å². The molecular formula is C94H108BCl8N21O11. The van der Waals surface area contributed by atoms with E-state index in [2.05, 4.69) is 92.1 Å². The van der Waals surface area contributed by atoms with Gasteiger partial charge in [-0.15, -0.1) is 24.8 Å². The first-order valence-electron chi connectivity index (χ1n) is 45.5. The Morgan fingerprint density at radius 3 is 1.24 bits per heavy atom. The maximum absolute atomic E-state index is 12.2.